The van der Waals surface area contributed by atoms with Crippen LogP contribution in [0.2, 0.25) is 0 Å². The third-order valence-corrected chi connectivity index (χ3v) is 2.88. The minimum Gasteiger partial charge on any atom is -0.459 e. The van der Waals surface area contributed by atoms with Gasteiger partial charge in [-0.3, -0.25) is 14.6 Å². The molecule has 0 atom stereocenters. The Balaban J connectivity index is 1.99. The first-order chi connectivity index (χ1) is 10.5. The zero-order valence-corrected chi connectivity index (χ0v) is 12.0. The van der Waals surface area contributed by atoms with Gasteiger partial charge in [0.15, 0.2) is 5.76 Å². The maximum absolute atomic E-state index is 12.1. The van der Waals surface area contributed by atoms with Crippen LogP contribution in [0.3, 0.4) is 0 Å². The Hall–Kier alpha value is -3.16. The molecular formula is C14H13N5O3. The van der Waals surface area contributed by atoms with Gasteiger partial charge in [0.25, 0.3) is 11.5 Å². The molecule has 2 N–H and O–H groups in total. The fourth-order valence-electron chi connectivity index (χ4n) is 2.00. The summed E-state index contributed by atoms with van der Waals surface area (Å²) in [5.74, 6) is 0.373. The summed E-state index contributed by atoms with van der Waals surface area (Å²) < 4.78 is 6.41. The van der Waals surface area contributed by atoms with Gasteiger partial charge in [0.05, 0.1) is 12.0 Å². The lowest BCUT2D eigenvalue weighted by molar-refractivity contribution is 0.0996. The molecule has 0 aliphatic carbocycles. The zero-order valence-electron chi connectivity index (χ0n) is 12.0. The quantitative estimate of drug-likeness (QED) is 0.760. The third kappa shape index (κ3) is 2.66. The summed E-state index contributed by atoms with van der Waals surface area (Å²) in [6.07, 6.45) is 1.41. The van der Waals surface area contributed by atoms with Gasteiger partial charge in [-0.05, 0) is 26.0 Å². The highest BCUT2D eigenvalue weighted by atomic mass is 16.3. The van der Waals surface area contributed by atoms with Gasteiger partial charge < -0.3 is 9.73 Å². The van der Waals surface area contributed by atoms with E-state index in [2.05, 4.69) is 20.4 Å². The van der Waals surface area contributed by atoms with E-state index in [1.165, 1.54) is 17.0 Å². The molecule has 0 radical (unpaired) electrons. The van der Waals surface area contributed by atoms with Crippen molar-refractivity contribution in [2.24, 2.45) is 0 Å². The molecule has 3 heterocycles. The molecule has 8 nitrogen and oxygen atoms in total. The number of aryl methyl sites for hydroxylation is 2. The maximum Gasteiger partial charge on any atom is 0.292 e. The first kappa shape index (κ1) is 13.8. The molecule has 0 aliphatic rings. The van der Waals surface area contributed by atoms with Gasteiger partial charge in [-0.15, -0.1) is 0 Å². The molecule has 112 valence electrons. The summed E-state index contributed by atoms with van der Waals surface area (Å²) in [4.78, 5) is 30.4. The van der Waals surface area contributed by atoms with E-state index in [1.54, 1.807) is 32.0 Å². The average molecular weight is 299 g/mol. The largest absolute Gasteiger partial charge is 0.459 e. The molecule has 0 aromatic carbocycles. The van der Waals surface area contributed by atoms with Gasteiger partial charge in [0.2, 0.25) is 5.95 Å². The monoisotopic (exact) mass is 299 g/mol. The number of nitrogens with one attached hydrogen (secondary N) is 2. The standard InChI is InChI=1S/C14H13N5O3/c1-8-7-12(20)17-14(15-8)19-11(6-9(2)18-19)16-13(21)10-4-3-5-22-10/h3-7H,1-2H3,(H,16,21)(H,15,17,20). The molecule has 0 spiro atoms. The van der Waals surface area contributed by atoms with E-state index in [4.69, 9.17) is 4.42 Å². The number of amides is 1. The molecule has 22 heavy (non-hydrogen) atoms. The smallest absolute Gasteiger partial charge is 0.292 e. The highest BCUT2D eigenvalue weighted by Crippen LogP contribution is 2.15. The number of furan rings is 1. The van der Waals surface area contributed by atoms with Gasteiger partial charge >= 0.3 is 0 Å². The van der Waals surface area contributed by atoms with Crippen molar-refractivity contribution in [2.45, 2.75) is 13.8 Å². The van der Waals surface area contributed by atoms with E-state index < -0.39 is 5.91 Å². The lowest BCUT2D eigenvalue weighted by atomic mass is 10.4. The number of aromatic nitrogens is 4. The second kappa shape index (κ2) is 5.32. The lowest BCUT2D eigenvalue weighted by Gasteiger charge is -2.07. The van der Waals surface area contributed by atoms with E-state index in [1.807, 2.05) is 0 Å². The van der Waals surface area contributed by atoms with E-state index in [-0.39, 0.29) is 17.3 Å². The minimum absolute atomic E-state index is 0.177. The Kier molecular flexibility index (Phi) is 3.34. The van der Waals surface area contributed by atoms with E-state index in [9.17, 15) is 9.59 Å². The molecule has 0 unspecified atom stereocenters. The van der Waals surface area contributed by atoms with Crippen molar-refractivity contribution < 1.29 is 9.21 Å². The molecule has 0 saturated heterocycles. The van der Waals surface area contributed by atoms with E-state index in [0.29, 0.717) is 17.2 Å². The van der Waals surface area contributed by atoms with Crippen molar-refractivity contribution >= 4 is 11.7 Å². The summed E-state index contributed by atoms with van der Waals surface area (Å²) >= 11 is 0. The van der Waals surface area contributed by atoms with Crippen LogP contribution in [0.5, 0.6) is 0 Å². The number of hydrogen-bond donors (Lipinski definition) is 2. The first-order valence-corrected chi connectivity index (χ1v) is 6.53. The third-order valence-electron chi connectivity index (χ3n) is 2.88. The molecule has 0 fully saturated rings. The van der Waals surface area contributed by atoms with Gasteiger partial charge in [0.1, 0.15) is 5.82 Å². The van der Waals surface area contributed by atoms with Crippen LogP contribution in [0, 0.1) is 13.8 Å². The molecule has 1 amide bonds. The van der Waals surface area contributed by atoms with Crippen LogP contribution in [-0.4, -0.2) is 25.7 Å². The maximum atomic E-state index is 12.1. The fourth-order valence-corrected chi connectivity index (χ4v) is 2.00. The van der Waals surface area contributed by atoms with Crippen LogP contribution in [0.4, 0.5) is 5.82 Å². The van der Waals surface area contributed by atoms with Crippen LogP contribution < -0.4 is 10.9 Å². The van der Waals surface area contributed by atoms with Crippen molar-refractivity contribution in [3.8, 4) is 5.95 Å². The van der Waals surface area contributed by atoms with E-state index >= 15 is 0 Å². The fraction of sp³-hybridized carbons (Fsp3) is 0.143. The molecule has 8 heteroatoms. The number of anilines is 1. The van der Waals surface area contributed by atoms with Crippen LogP contribution in [0.15, 0.2) is 39.7 Å². The van der Waals surface area contributed by atoms with Crippen molar-refractivity contribution in [3.05, 3.63) is 58.0 Å². The SMILES string of the molecule is Cc1cc(=O)[nH]c(-n2nc(C)cc2NC(=O)c2ccco2)n1. The van der Waals surface area contributed by atoms with Gasteiger partial charge in [-0.2, -0.15) is 9.78 Å². The Morgan fingerprint density at radius 2 is 2.14 bits per heavy atom. The van der Waals surface area contributed by atoms with Crippen LogP contribution >= 0.6 is 0 Å². The second-order valence-corrected chi connectivity index (χ2v) is 4.72. The number of aromatic amines is 1. The average Bonchev–Trinajstić information content (AvgIpc) is 3.07. The number of nitrogens with zero attached hydrogens (tertiary/aromatic N) is 3. The molecule has 3 rings (SSSR count). The lowest BCUT2D eigenvalue weighted by Crippen LogP contribution is -2.18. The molecule has 3 aromatic heterocycles. The van der Waals surface area contributed by atoms with Crippen molar-refractivity contribution in [3.63, 3.8) is 0 Å². The van der Waals surface area contributed by atoms with E-state index in [0.717, 1.165) is 0 Å². The van der Waals surface area contributed by atoms with Crippen molar-refractivity contribution in [2.75, 3.05) is 5.32 Å². The Bertz CT molecular complexity index is 876. The van der Waals surface area contributed by atoms with Crippen LogP contribution in [0.1, 0.15) is 21.9 Å². The van der Waals surface area contributed by atoms with Crippen LogP contribution in [0.25, 0.3) is 5.95 Å². The van der Waals surface area contributed by atoms with Crippen molar-refractivity contribution in [1.29, 1.82) is 0 Å². The highest BCUT2D eigenvalue weighted by Gasteiger charge is 2.15. The van der Waals surface area contributed by atoms with Gasteiger partial charge in [0, 0.05) is 17.8 Å². The first-order valence-electron chi connectivity index (χ1n) is 6.53. The summed E-state index contributed by atoms with van der Waals surface area (Å²) in [7, 11) is 0. The number of carbonyl (C=O) groups is 1. The molecule has 0 aliphatic heterocycles. The Morgan fingerprint density at radius 1 is 1.32 bits per heavy atom. The number of H-pyrrole nitrogens is 1. The summed E-state index contributed by atoms with van der Waals surface area (Å²) in [6, 6.07) is 6.22. The zero-order chi connectivity index (χ0) is 15.7. The Labute approximate surface area is 124 Å². The molecule has 0 bridgehead atoms. The Morgan fingerprint density at radius 3 is 2.82 bits per heavy atom. The molecular weight excluding hydrogens is 286 g/mol. The van der Waals surface area contributed by atoms with Gasteiger partial charge in [-0.1, -0.05) is 0 Å². The number of carbonyl (C=O) groups excluding carboxylic acids is 1. The normalized spacial score (nSPS) is 10.6. The van der Waals surface area contributed by atoms with Crippen LogP contribution in [-0.2, 0) is 0 Å². The molecule has 0 saturated carbocycles. The number of rotatable bonds is 3. The highest BCUT2D eigenvalue weighted by molar-refractivity contribution is 6.01. The second-order valence-electron chi connectivity index (χ2n) is 4.72. The van der Waals surface area contributed by atoms with Gasteiger partial charge in [-0.25, -0.2) is 4.98 Å². The summed E-state index contributed by atoms with van der Waals surface area (Å²) in [6.45, 7) is 3.48. The summed E-state index contributed by atoms with van der Waals surface area (Å²) in [5.41, 5.74) is 0.924. The molecule has 3 aromatic rings. The number of hydrogen-bond acceptors (Lipinski definition) is 5. The van der Waals surface area contributed by atoms with Crippen molar-refractivity contribution in [1.82, 2.24) is 19.7 Å². The summed E-state index contributed by atoms with van der Waals surface area (Å²) in [5, 5.41) is 6.91. The topological polar surface area (TPSA) is 106 Å². The minimum atomic E-state index is -0.416. The predicted octanol–water partition coefficient (Wildman–Crippen LogP) is 1.42. The predicted molar refractivity (Wildman–Crippen MR) is 78.1 cm³/mol.